The zero-order valence-electron chi connectivity index (χ0n) is 13.2. The summed E-state index contributed by atoms with van der Waals surface area (Å²) < 4.78 is 12.1. The molecular weight excluding hydrogens is 250 g/mol. The minimum atomic E-state index is 0.134. The second-order valence-electron chi connectivity index (χ2n) is 7.17. The first kappa shape index (κ1) is 14.8. The van der Waals surface area contributed by atoms with E-state index < -0.39 is 0 Å². The average molecular weight is 281 g/mol. The Labute approximate surface area is 123 Å². The van der Waals surface area contributed by atoms with Crippen LogP contribution in [-0.4, -0.2) is 36.5 Å². The van der Waals surface area contributed by atoms with Gasteiger partial charge in [0.1, 0.15) is 0 Å². The summed E-state index contributed by atoms with van der Waals surface area (Å²) in [6.45, 7) is 6.41. The molecule has 20 heavy (non-hydrogen) atoms. The molecule has 3 fully saturated rings. The molecule has 1 aliphatic carbocycles. The Balaban J connectivity index is 1.54. The molecule has 0 aromatic carbocycles. The minimum absolute atomic E-state index is 0.134. The van der Waals surface area contributed by atoms with Gasteiger partial charge in [0.25, 0.3) is 0 Å². The van der Waals surface area contributed by atoms with E-state index in [2.05, 4.69) is 19.2 Å². The van der Waals surface area contributed by atoms with Crippen molar-refractivity contribution in [1.29, 1.82) is 0 Å². The second-order valence-corrected chi connectivity index (χ2v) is 7.17. The van der Waals surface area contributed by atoms with Gasteiger partial charge in [0.2, 0.25) is 0 Å². The molecule has 0 amide bonds. The van der Waals surface area contributed by atoms with Gasteiger partial charge in [0, 0.05) is 25.3 Å². The summed E-state index contributed by atoms with van der Waals surface area (Å²) in [6.07, 6.45) is 11.0. The predicted octanol–water partition coefficient (Wildman–Crippen LogP) is 3.42. The highest BCUT2D eigenvalue weighted by atomic mass is 16.5. The Morgan fingerprint density at radius 1 is 0.950 bits per heavy atom. The molecule has 2 saturated heterocycles. The van der Waals surface area contributed by atoms with Crippen LogP contribution in [-0.2, 0) is 9.47 Å². The van der Waals surface area contributed by atoms with Gasteiger partial charge < -0.3 is 14.8 Å². The molecule has 3 aliphatic rings. The van der Waals surface area contributed by atoms with Crippen LogP contribution in [0.4, 0.5) is 0 Å². The van der Waals surface area contributed by atoms with Crippen molar-refractivity contribution in [1.82, 2.24) is 5.32 Å². The van der Waals surface area contributed by atoms with Crippen molar-refractivity contribution in [3.05, 3.63) is 0 Å². The molecule has 0 radical (unpaired) electrons. The van der Waals surface area contributed by atoms with Crippen LogP contribution in [0.15, 0.2) is 0 Å². The molecule has 1 N–H and O–H groups in total. The van der Waals surface area contributed by atoms with Gasteiger partial charge in [-0.3, -0.25) is 0 Å². The lowest BCUT2D eigenvalue weighted by molar-refractivity contribution is -0.140. The Bertz CT molecular complexity index is 323. The second kappa shape index (κ2) is 5.94. The van der Waals surface area contributed by atoms with E-state index in [1.165, 1.54) is 44.9 Å². The van der Waals surface area contributed by atoms with E-state index in [4.69, 9.17) is 9.47 Å². The smallest absolute Gasteiger partial charge is 0.0697 e. The number of hydrogen-bond acceptors (Lipinski definition) is 3. The van der Waals surface area contributed by atoms with Gasteiger partial charge >= 0.3 is 0 Å². The lowest BCUT2D eigenvalue weighted by Crippen LogP contribution is -2.55. The van der Waals surface area contributed by atoms with Crippen LogP contribution in [0, 0.1) is 0 Å². The SMILES string of the molecule is CCC1(CC)CC(NC2CCOC3(CCC3)C2)CCO1. The largest absolute Gasteiger partial charge is 0.375 e. The highest BCUT2D eigenvalue weighted by Crippen LogP contribution is 2.42. The van der Waals surface area contributed by atoms with E-state index in [1.807, 2.05) is 0 Å². The maximum Gasteiger partial charge on any atom is 0.0697 e. The van der Waals surface area contributed by atoms with Crippen molar-refractivity contribution >= 4 is 0 Å². The Morgan fingerprint density at radius 3 is 2.20 bits per heavy atom. The summed E-state index contributed by atoms with van der Waals surface area (Å²) in [4.78, 5) is 0. The van der Waals surface area contributed by atoms with Gasteiger partial charge in [-0.05, 0) is 57.8 Å². The van der Waals surface area contributed by atoms with Crippen LogP contribution < -0.4 is 5.32 Å². The van der Waals surface area contributed by atoms with Crippen molar-refractivity contribution in [3.63, 3.8) is 0 Å². The lowest BCUT2D eigenvalue weighted by atomic mass is 9.73. The van der Waals surface area contributed by atoms with Gasteiger partial charge in [0.05, 0.1) is 11.2 Å². The third-order valence-corrected chi connectivity index (χ3v) is 6.01. The molecule has 0 aromatic heterocycles. The molecule has 3 rings (SSSR count). The standard InChI is InChI=1S/C17H31NO2/c1-3-16(4-2)12-14(6-10-19-16)18-15-7-11-20-17(13-15)8-5-9-17/h14-15,18H,3-13H2,1-2H3. The highest BCUT2D eigenvalue weighted by Gasteiger charge is 2.43. The third kappa shape index (κ3) is 2.90. The number of rotatable bonds is 4. The van der Waals surface area contributed by atoms with E-state index in [-0.39, 0.29) is 11.2 Å². The van der Waals surface area contributed by atoms with Crippen molar-refractivity contribution in [2.45, 2.75) is 94.9 Å². The molecule has 2 heterocycles. The first-order valence-corrected chi connectivity index (χ1v) is 8.73. The summed E-state index contributed by atoms with van der Waals surface area (Å²) >= 11 is 0. The fourth-order valence-corrected chi connectivity index (χ4v) is 4.34. The summed E-state index contributed by atoms with van der Waals surface area (Å²) in [5.74, 6) is 0. The highest BCUT2D eigenvalue weighted by molar-refractivity contribution is 4.98. The minimum Gasteiger partial charge on any atom is -0.375 e. The number of ether oxygens (including phenoxy) is 2. The summed E-state index contributed by atoms with van der Waals surface area (Å²) in [7, 11) is 0. The first-order chi connectivity index (χ1) is 9.69. The van der Waals surface area contributed by atoms with Crippen LogP contribution in [0.3, 0.4) is 0 Å². The monoisotopic (exact) mass is 281 g/mol. The molecule has 2 unspecified atom stereocenters. The predicted molar refractivity (Wildman–Crippen MR) is 81.0 cm³/mol. The van der Waals surface area contributed by atoms with Crippen LogP contribution in [0.2, 0.25) is 0 Å². The van der Waals surface area contributed by atoms with Crippen molar-refractivity contribution in [2.75, 3.05) is 13.2 Å². The van der Waals surface area contributed by atoms with E-state index in [0.29, 0.717) is 12.1 Å². The number of nitrogens with one attached hydrogen (secondary N) is 1. The van der Waals surface area contributed by atoms with Crippen LogP contribution in [0.25, 0.3) is 0 Å². The van der Waals surface area contributed by atoms with Gasteiger partial charge in [-0.15, -0.1) is 0 Å². The van der Waals surface area contributed by atoms with E-state index in [1.54, 1.807) is 0 Å². The van der Waals surface area contributed by atoms with Gasteiger partial charge in [0.15, 0.2) is 0 Å². The summed E-state index contributed by atoms with van der Waals surface area (Å²) in [5, 5.41) is 3.94. The van der Waals surface area contributed by atoms with Gasteiger partial charge in [-0.1, -0.05) is 13.8 Å². The van der Waals surface area contributed by atoms with E-state index in [0.717, 1.165) is 26.1 Å². The fourth-order valence-electron chi connectivity index (χ4n) is 4.34. The van der Waals surface area contributed by atoms with Crippen molar-refractivity contribution < 1.29 is 9.47 Å². The average Bonchev–Trinajstić information content (AvgIpc) is 2.46. The maximum atomic E-state index is 6.09. The quantitative estimate of drug-likeness (QED) is 0.856. The summed E-state index contributed by atoms with van der Waals surface area (Å²) in [6, 6.07) is 1.31. The topological polar surface area (TPSA) is 30.5 Å². The lowest BCUT2D eigenvalue weighted by Gasteiger charge is -2.49. The molecular formula is C17H31NO2. The zero-order valence-corrected chi connectivity index (χ0v) is 13.2. The first-order valence-electron chi connectivity index (χ1n) is 8.73. The van der Waals surface area contributed by atoms with Gasteiger partial charge in [-0.25, -0.2) is 0 Å². The molecule has 1 spiro atoms. The maximum absolute atomic E-state index is 6.09. The normalized spacial score (nSPS) is 35.7. The Morgan fingerprint density at radius 2 is 1.60 bits per heavy atom. The molecule has 3 heteroatoms. The molecule has 2 aliphatic heterocycles. The molecule has 2 atom stereocenters. The fraction of sp³-hybridized carbons (Fsp3) is 1.00. The van der Waals surface area contributed by atoms with E-state index in [9.17, 15) is 0 Å². The van der Waals surface area contributed by atoms with Crippen molar-refractivity contribution in [3.8, 4) is 0 Å². The van der Waals surface area contributed by atoms with Crippen LogP contribution in [0.1, 0.15) is 71.6 Å². The number of hydrogen-bond donors (Lipinski definition) is 1. The van der Waals surface area contributed by atoms with Crippen molar-refractivity contribution in [2.24, 2.45) is 0 Å². The molecule has 1 saturated carbocycles. The third-order valence-electron chi connectivity index (χ3n) is 6.01. The van der Waals surface area contributed by atoms with Crippen LogP contribution in [0.5, 0.6) is 0 Å². The molecule has 116 valence electrons. The molecule has 3 nitrogen and oxygen atoms in total. The van der Waals surface area contributed by atoms with Gasteiger partial charge in [-0.2, -0.15) is 0 Å². The Hall–Kier alpha value is -0.120. The van der Waals surface area contributed by atoms with E-state index >= 15 is 0 Å². The molecule has 0 bridgehead atoms. The molecule has 0 aromatic rings. The van der Waals surface area contributed by atoms with Crippen LogP contribution >= 0.6 is 0 Å². The Kier molecular flexibility index (Phi) is 4.40. The summed E-state index contributed by atoms with van der Waals surface area (Å²) in [5.41, 5.74) is 0.392. The zero-order chi connectivity index (χ0) is 14.1.